The lowest BCUT2D eigenvalue weighted by Crippen LogP contribution is -2.15. The van der Waals surface area contributed by atoms with Crippen LogP contribution >= 0.6 is 15.9 Å². The molecule has 4 nitrogen and oxygen atoms in total. The molecule has 0 atom stereocenters. The molecule has 0 bridgehead atoms. The number of anilines is 1. The molecular formula is C14H13BrFNO3S. The van der Waals surface area contributed by atoms with Gasteiger partial charge in [-0.15, -0.1) is 0 Å². The van der Waals surface area contributed by atoms with E-state index < -0.39 is 15.8 Å². The van der Waals surface area contributed by atoms with Crippen molar-refractivity contribution in [2.24, 2.45) is 0 Å². The summed E-state index contributed by atoms with van der Waals surface area (Å²) < 4.78 is 46.1. The number of aryl methyl sites for hydroxylation is 1. The molecule has 0 heterocycles. The van der Waals surface area contributed by atoms with E-state index in [1.807, 2.05) is 0 Å². The van der Waals surface area contributed by atoms with E-state index in [1.165, 1.54) is 25.3 Å². The number of hydrogen-bond acceptors (Lipinski definition) is 3. The van der Waals surface area contributed by atoms with Gasteiger partial charge in [0.15, 0.2) is 0 Å². The van der Waals surface area contributed by atoms with Gasteiger partial charge in [-0.1, -0.05) is 6.07 Å². The molecule has 7 heteroatoms. The number of rotatable bonds is 4. The predicted molar refractivity (Wildman–Crippen MR) is 82.6 cm³/mol. The van der Waals surface area contributed by atoms with Gasteiger partial charge in [-0.25, -0.2) is 12.8 Å². The lowest BCUT2D eigenvalue weighted by Gasteiger charge is -2.12. The van der Waals surface area contributed by atoms with E-state index in [2.05, 4.69) is 20.7 Å². The first-order valence-electron chi connectivity index (χ1n) is 5.96. The van der Waals surface area contributed by atoms with Crippen molar-refractivity contribution in [1.82, 2.24) is 0 Å². The number of methoxy groups -OCH3 is 1. The summed E-state index contributed by atoms with van der Waals surface area (Å²) in [6.45, 7) is 1.61. The summed E-state index contributed by atoms with van der Waals surface area (Å²) in [7, 11) is -2.41. The average Bonchev–Trinajstić information content (AvgIpc) is 2.43. The Hall–Kier alpha value is -1.60. The Morgan fingerprint density at radius 1 is 1.19 bits per heavy atom. The quantitative estimate of drug-likeness (QED) is 0.888. The van der Waals surface area contributed by atoms with Crippen LogP contribution in [0.1, 0.15) is 5.56 Å². The van der Waals surface area contributed by atoms with Crippen LogP contribution in [0.4, 0.5) is 10.1 Å². The van der Waals surface area contributed by atoms with Crippen LogP contribution in [0.3, 0.4) is 0 Å². The zero-order valence-corrected chi connectivity index (χ0v) is 13.8. The highest BCUT2D eigenvalue weighted by atomic mass is 79.9. The summed E-state index contributed by atoms with van der Waals surface area (Å²) in [4.78, 5) is -0.0998. The number of hydrogen-bond donors (Lipinski definition) is 1. The van der Waals surface area contributed by atoms with Crippen molar-refractivity contribution in [2.75, 3.05) is 11.8 Å². The maximum absolute atomic E-state index is 13.3. The second kappa shape index (κ2) is 6.03. The molecular weight excluding hydrogens is 361 g/mol. The SMILES string of the molecule is COc1ccc(Br)c(NS(=O)(=O)c2cc(F)ccc2C)c1. The fourth-order valence-corrected chi connectivity index (χ4v) is 3.58. The molecule has 112 valence electrons. The van der Waals surface area contributed by atoms with Crippen LogP contribution in [0.15, 0.2) is 45.8 Å². The monoisotopic (exact) mass is 373 g/mol. The van der Waals surface area contributed by atoms with Crippen molar-refractivity contribution in [3.05, 3.63) is 52.3 Å². The molecule has 0 aliphatic carbocycles. The van der Waals surface area contributed by atoms with Crippen molar-refractivity contribution in [1.29, 1.82) is 0 Å². The van der Waals surface area contributed by atoms with Crippen LogP contribution in [0.25, 0.3) is 0 Å². The average molecular weight is 374 g/mol. The molecule has 0 aromatic heterocycles. The van der Waals surface area contributed by atoms with Crippen LogP contribution in [-0.2, 0) is 10.0 Å². The van der Waals surface area contributed by atoms with Gasteiger partial charge in [0.05, 0.1) is 17.7 Å². The number of halogens is 2. The zero-order chi connectivity index (χ0) is 15.6. The molecule has 2 aromatic carbocycles. The van der Waals surface area contributed by atoms with E-state index in [1.54, 1.807) is 19.1 Å². The molecule has 0 saturated heterocycles. The van der Waals surface area contributed by atoms with Crippen LogP contribution in [-0.4, -0.2) is 15.5 Å². The number of nitrogens with one attached hydrogen (secondary N) is 1. The van der Waals surface area contributed by atoms with Crippen molar-refractivity contribution < 1.29 is 17.5 Å². The van der Waals surface area contributed by atoms with Gasteiger partial charge < -0.3 is 4.74 Å². The Balaban J connectivity index is 2.44. The zero-order valence-electron chi connectivity index (χ0n) is 11.4. The molecule has 0 aliphatic rings. The van der Waals surface area contributed by atoms with Crippen molar-refractivity contribution in [2.45, 2.75) is 11.8 Å². The van der Waals surface area contributed by atoms with Crippen LogP contribution in [0.2, 0.25) is 0 Å². The maximum atomic E-state index is 13.3. The van der Waals surface area contributed by atoms with E-state index in [0.29, 0.717) is 21.5 Å². The van der Waals surface area contributed by atoms with Crippen LogP contribution in [0, 0.1) is 12.7 Å². The van der Waals surface area contributed by atoms with Gasteiger partial charge in [-0.05, 0) is 52.7 Å². The van der Waals surface area contributed by atoms with Crippen molar-refractivity contribution in [3.63, 3.8) is 0 Å². The van der Waals surface area contributed by atoms with Gasteiger partial charge in [-0.2, -0.15) is 0 Å². The van der Waals surface area contributed by atoms with Gasteiger partial charge in [0.25, 0.3) is 10.0 Å². The topological polar surface area (TPSA) is 55.4 Å². The summed E-state index contributed by atoms with van der Waals surface area (Å²) in [5.74, 6) is -0.0995. The van der Waals surface area contributed by atoms with Gasteiger partial charge in [0, 0.05) is 10.5 Å². The van der Waals surface area contributed by atoms with E-state index in [0.717, 1.165) is 6.07 Å². The summed E-state index contributed by atoms with van der Waals surface area (Å²) in [6, 6.07) is 8.52. The molecule has 1 N–H and O–H groups in total. The van der Waals surface area contributed by atoms with E-state index >= 15 is 0 Å². The van der Waals surface area contributed by atoms with Gasteiger partial charge in [0.2, 0.25) is 0 Å². The number of benzene rings is 2. The molecule has 0 unspecified atom stereocenters. The Kier molecular flexibility index (Phi) is 4.53. The molecule has 0 amide bonds. The van der Waals surface area contributed by atoms with Crippen LogP contribution in [0.5, 0.6) is 5.75 Å². The number of sulfonamides is 1. The maximum Gasteiger partial charge on any atom is 0.262 e. The third-order valence-corrected chi connectivity index (χ3v) is 5.06. The standard InChI is InChI=1S/C14H13BrFNO3S/c1-9-3-4-10(16)7-14(9)21(18,19)17-13-8-11(20-2)5-6-12(13)15/h3-8,17H,1-2H3. The summed E-state index contributed by atoms with van der Waals surface area (Å²) in [5, 5.41) is 0. The van der Waals surface area contributed by atoms with E-state index in [-0.39, 0.29) is 4.90 Å². The fraction of sp³-hybridized carbons (Fsp3) is 0.143. The molecule has 0 aliphatic heterocycles. The molecule has 2 rings (SSSR count). The second-order valence-electron chi connectivity index (χ2n) is 4.36. The molecule has 2 aromatic rings. The first kappa shape index (κ1) is 15.8. The second-order valence-corrected chi connectivity index (χ2v) is 6.87. The third kappa shape index (κ3) is 3.54. The van der Waals surface area contributed by atoms with Gasteiger partial charge in [0.1, 0.15) is 11.6 Å². The summed E-state index contributed by atoms with van der Waals surface area (Å²) >= 11 is 3.26. The molecule has 0 radical (unpaired) electrons. The first-order valence-corrected chi connectivity index (χ1v) is 8.23. The summed E-state index contributed by atoms with van der Waals surface area (Å²) in [5.41, 5.74) is 0.779. The molecule has 0 spiro atoms. The highest BCUT2D eigenvalue weighted by Crippen LogP contribution is 2.29. The van der Waals surface area contributed by atoms with Gasteiger partial charge in [-0.3, -0.25) is 4.72 Å². The normalized spacial score (nSPS) is 11.2. The van der Waals surface area contributed by atoms with Crippen LogP contribution < -0.4 is 9.46 Å². The minimum absolute atomic E-state index is 0.0998. The predicted octanol–water partition coefficient (Wildman–Crippen LogP) is 3.71. The largest absolute Gasteiger partial charge is 0.497 e. The Morgan fingerprint density at radius 3 is 2.57 bits per heavy atom. The highest BCUT2D eigenvalue weighted by Gasteiger charge is 2.19. The Bertz CT molecular complexity index is 778. The Morgan fingerprint density at radius 2 is 1.90 bits per heavy atom. The van der Waals surface area contributed by atoms with Crippen molar-refractivity contribution in [3.8, 4) is 5.75 Å². The Labute approximate surface area is 131 Å². The number of ether oxygens (including phenoxy) is 1. The van der Waals surface area contributed by atoms with E-state index in [9.17, 15) is 12.8 Å². The van der Waals surface area contributed by atoms with Crippen molar-refractivity contribution >= 4 is 31.6 Å². The molecule has 21 heavy (non-hydrogen) atoms. The molecule has 0 saturated carbocycles. The smallest absolute Gasteiger partial charge is 0.262 e. The minimum Gasteiger partial charge on any atom is -0.497 e. The summed E-state index contributed by atoms with van der Waals surface area (Å²) in [6.07, 6.45) is 0. The molecule has 0 fully saturated rings. The minimum atomic E-state index is -3.89. The lowest BCUT2D eigenvalue weighted by molar-refractivity contribution is 0.415. The van der Waals surface area contributed by atoms with Gasteiger partial charge >= 0.3 is 0 Å². The highest BCUT2D eigenvalue weighted by molar-refractivity contribution is 9.10. The third-order valence-electron chi connectivity index (χ3n) is 2.86. The fourth-order valence-electron chi connectivity index (χ4n) is 1.77. The van der Waals surface area contributed by atoms with E-state index in [4.69, 9.17) is 4.74 Å². The first-order chi connectivity index (χ1) is 9.83. The lowest BCUT2D eigenvalue weighted by atomic mass is 10.2.